The largest absolute Gasteiger partial charge is 0.370 e. The Morgan fingerprint density at radius 2 is 2.38 bits per heavy atom. The third-order valence-corrected chi connectivity index (χ3v) is 4.14. The van der Waals surface area contributed by atoms with Crippen molar-refractivity contribution in [1.29, 1.82) is 0 Å². The number of hydrogen-bond donors (Lipinski definition) is 2. The fourth-order valence-electron chi connectivity index (χ4n) is 2.36. The van der Waals surface area contributed by atoms with Crippen LogP contribution in [0.1, 0.15) is 38.1 Å². The van der Waals surface area contributed by atoms with Gasteiger partial charge in [-0.15, -0.1) is 0 Å². The van der Waals surface area contributed by atoms with Gasteiger partial charge in [0.15, 0.2) is 0 Å². The summed E-state index contributed by atoms with van der Waals surface area (Å²) in [5, 5.41) is 14.1. The molecule has 2 aromatic rings. The Hall–Kier alpha value is -1.89. The van der Waals surface area contributed by atoms with E-state index < -0.39 is 0 Å². The van der Waals surface area contributed by atoms with E-state index in [-0.39, 0.29) is 11.6 Å². The SMILES string of the molecule is CC(Nc1c(Cl)cnn(CC2CCC2)c1=O)c1ncn[nH]1. The van der Waals surface area contributed by atoms with E-state index in [4.69, 9.17) is 11.6 Å². The molecule has 0 saturated heterocycles. The van der Waals surface area contributed by atoms with E-state index in [0.29, 0.717) is 29.0 Å². The molecule has 7 nitrogen and oxygen atoms in total. The van der Waals surface area contributed by atoms with Gasteiger partial charge in [0.25, 0.3) is 5.56 Å². The summed E-state index contributed by atoms with van der Waals surface area (Å²) in [6.45, 7) is 2.54. The van der Waals surface area contributed by atoms with Crippen molar-refractivity contribution in [2.24, 2.45) is 5.92 Å². The molecule has 1 aliphatic rings. The maximum absolute atomic E-state index is 12.5. The first kappa shape index (κ1) is 14.1. The number of aromatic amines is 1. The minimum Gasteiger partial charge on any atom is -0.370 e. The molecule has 112 valence electrons. The van der Waals surface area contributed by atoms with E-state index in [1.165, 1.54) is 23.6 Å². The molecular weight excluding hydrogens is 292 g/mol. The lowest BCUT2D eigenvalue weighted by atomic mass is 9.85. The summed E-state index contributed by atoms with van der Waals surface area (Å²) >= 11 is 6.11. The van der Waals surface area contributed by atoms with Gasteiger partial charge in [-0.2, -0.15) is 10.2 Å². The Balaban J connectivity index is 1.83. The number of nitrogens with one attached hydrogen (secondary N) is 2. The van der Waals surface area contributed by atoms with Crippen LogP contribution in [0.15, 0.2) is 17.3 Å². The lowest BCUT2D eigenvalue weighted by Gasteiger charge is -2.25. The van der Waals surface area contributed by atoms with Crippen molar-refractivity contribution in [2.75, 3.05) is 5.32 Å². The predicted octanol–water partition coefficient (Wildman–Crippen LogP) is 1.99. The summed E-state index contributed by atoms with van der Waals surface area (Å²) in [6.07, 6.45) is 6.50. The summed E-state index contributed by atoms with van der Waals surface area (Å²) in [7, 11) is 0. The summed E-state index contributed by atoms with van der Waals surface area (Å²) in [5.41, 5.74) is 0.163. The molecule has 0 radical (unpaired) electrons. The van der Waals surface area contributed by atoms with Gasteiger partial charge in [-0.05, 0) is 25.7 Å². The second-order valence-electron chi connectivity index (χ2n) is 5.39. The monoisotopic (exact) mass is 308 g/mol. The molecular formula is C13H17ClN6O. The highest BCUT2D eigenvalue weighted by Gasteiger charge is 2.21. The van der Waals surface area contributed by atoms with Crippen LogP contribution in [0.5, 0.6) is 0 Å². The van der Waals surface area contributed by atoms with E-state index in [2.05, 4.69) is 25.6 Å². The number of halogens is 1. The normalized spacial score (nSPS) is 16.5. The van der Waals surface area contributed by atoms with E-state index >= 15 is 0 Å². The molecule has 0 bridgehead atoms. The Labute approximate surface area is 126 Å². The molecule has 2 heterocycles. The molecule has 1 atom stereocenters. The van der Waals surface area contributed by atoms with E-state index in [1.807, 2.05) is 6.92 Å². The molecule has 1 fully saturated rings. The summed E-state index contributed by atoms with van der Waals surface area (Å²) in [5.74, 6) is 1.20. The number of anilines is 1. The van der Waals surface area contributed by atoms with Crippen LogP contribution in [-0.4, -0.2) is 25.0 Å². The number of H-pyrrole nitrogens is 1. The first-order chi connectivity index (χ1) is 10.1. The van der Waals surface area contributed by atoms with E-state index in [0.717, 1.165) is 12.8 Å². The predicted molar refractivity (Wildman–Crippen MR) is 79.3 cm³/mol. The fraction of sp³-hybridized carbons (Fsp3) is 0.538. The van der Waals surface area contributed by atoms with Crippen LogP contribution >= 0.6 is 11.6 Å². The zero-order valence-corrected chi connectivity index (χ0v) is 12.5. The Kier molecular flexibility index (Phi) is 3.92. The number of hydrogen-bond acceptors (Lipinski definition) is 5. The van der Waals surface area contributed by atoms with Gasteiger partial charge in [-0.25, -0.2) is 9.67 Å². The van der Waals surface area contributed by atoms with Crippen molar-refractivity contribution in [3.63, 3.8) is 0 Å². The highest BCUT2D eigenvalue weighted by atomic mass is 35.5. The lowest BCUT2D eigenvalue weighted by Crippen LogP contribution is -2.31. The van der Waals surface area contributed by atoms with Gasteiger partial charge in [0.1, 0.15) is 17.8 Å². The third-order valence-electron chi connectivity index (χ3n) is 3.86. The van der Waals surface area contributed by atoms with Crippen molar-refractivity contribution < 1.29 is 0 Å². The Bertz CT molecular complexity index is 664. The molecule has 1 saturated carbocycles. The van der Waals surface area contributed by atoms with Crippen molar-refractivity contribution in [3.8, 4) is 0 Å². The Morgan fingerprint density at radius 3 is 3.00 bits per heavy atom. The smallest absolute Gasteiger partial charge is 0.291 e. The first-order valence-electron chi connectivity index (χ1n) is 7.02. The lowest BCUT2D eigenvalue weighted by molar-refractivity contribution is 0.262. The quantitative estimate of drug-likeness (QED) is 0.882. The summed E-state index contributed by atoms with van der Waals surface area (Å²) < 4.78 is 1.49. The average molecular weight is 309 g/mol. The maximum Gasteiger partial charge on any atom is 0.291 e. The van der Waals surface area contributed by atoms with Crippen LogP contribution in [-0.2, 0) is 6.54 Å². The zero-order chi connectivity index (χ0) is 14.8. The standard InChI is InChI=1S/C13H17ClN6O/c1-8(12-15-7-16-19-12)18-11-10(14)5-17-20(13(11)21)6-9-3-2-4-9/h5,7-9,18H,2-4,6H2,1H3,(H,15,16,19). The second-order valence-corrected chi connectivity index (χ2v) is 5.80. The van der Waals surface area contributed by atoms with Gasteiger partial charge in [-0.1, -0.05) is 18.0 Å². The zero-order valence-electron chi connectivity index (χ0n) is 11.7. The molecule has 3 rings (SSSR count). The van der Waals surface area contributed by atoms with E-state index in [1.54, 1.807) is 0 Å². The van der Waals surface area contributed by atoms with Crippen LogP contribution < -0.4 is 10.9 Å². The van der Waals surface area contributed by atoms with Crippen molar-refractivity contribution >= 4 is 17.3 Å². The topological polar surface area (TPSA) is 88.5 Å². The van der Waals surface area contributed by atoms with Crippen molar-refractivity contribution in [3.05, 3.63) is 33.7 Å². The minimum absolute atomic E-state index is 0.194. The molecule has 0 aliphatic heterocycles. The minimum atomic E-state index is -0.197. The van der Waals surface area contributed by atoms with Gasteiger partial charge in [0.05, 0.1) is 17.3 Å². The molecule has 21 heavy (non-hydrogen) atoms. The molecule has 1 unspecified atom stereocenters. The van der Waals surface area contributed by atoms with Crippen LogP contribution in [0.2, 0.25) is 5.02 Å². The molecule has 0 spiro atoms. The summed E-state index contributed by atoms with van der Waals surface area (Å²) in [6, 6.07) is -0.197. The number of nitrogens with zero attached hydrogens (tertiary/aromatic N) is 4. The fourth-order valence-corrected chi connectivity index (χ4v) is 2.54. The van der Waals surface area contributed by atoms with Crippen molar-refractivity contribution in [2.45, 2.75) is 38.8 Å². The second kappa shape index (κ2) is 5.85. The van der Waals surface area contributed by atoms with Crippen LogP contribution in [0.3, 0.4) is 0 Å². The molecule has 0 amide bonds. The van der Waals surface area contributed by atoms with Crippen molar-refractivity contribution in [1.82, 2.24) is 25.0 Å². The van der Waals surface area contributed by atoms with Crippen LogP contribution in [0.4, 0.5) is 5.69 Å². The average Bonchev–Trinajstić information content (AvgIpc) is 2.94. The number of aromatic nitrogens is 5. The van der Waals surface area contributed by atoms with Gasteiger partial charge in [-0.3, -0.25) is 9.89 Å². The molecule has 0 aromatic carbocycles. The van der Waals surface area contributed by atoms with Crippen LogP contribution in [0.25, 0.3) is 0 Å². The van der Waals surface area contributed by atoms with E-state index in [9.17, 15) is 4.79 Å². The van der Waals surface area contributed by atoms with Gasteiger partial charge in [0, 0.05) is 6.54 Å². The molecule has 2 N–H and O–H groups in total. The highest BCUT2D eigenvalue weighted by molar-refractivity contribution is 6.33. The Morgan fingerprint density at radius 1 is 1.57 bits per heavy atom. The van der Waals surface area contributed by atoms with Gasteiger partial charge in [0.2, 0.25) is 0 Å². The first-order valence-corrected chi connectivity index (χ1v) is 7.40. The number of rotatable bonds is 5. The highest BCUT2D eigenvalue weighted by Crippen LogP contribution is 2.27. The molecule has 2 aromatic heterocycles. The molecule has 8 heteroatoms. The van der Waals surface area contributed by atoms with Gasteiger partial charge >= 0.3 is 0 Å². The summed E-state index contributed by atoms with van der Waals surface area (Å²) in [4.78, 5) is 16.5. The van der Waals surface area contributed by atoms with Crippen LogP contribution in [0, 0.1) is 5.92 Å². The molecule has 1 aliphatic carbocycles. The third kappa shape index (κ3) is 2.92. The van der Waals surface area contributed by atoms with Gasteiger partial charge < -0.3 is 5.32 Å². The maximum atomic E-state index is 12.5.